The van der Waals surface area contributed by atoms with Crippen molar-refractivity contribution in [2.75, 3.05) is 25.1 Å². The van der Waals surface area contributed by atoms with Crippen molar-refractivity contribution in [3.63, 3.8) is 0 Å². The highest BCUT2D eigenvalue weighted by Crippen LogP contribution is 2.28. The summed E-state index contributed by atoms with van der Waals surface area (Å²) in [7, 11) is 1.66. The lowest BCUT2D eigenvalue weighted by molar-refractivity contribution is -0.00523. The molecule has 0 spiro atoms. The highest BCUT2D eigenvalue weighted by Gasteiger charge is 2.24. The normalized spacial score (nSPS) is 23.2. The molecule has 1 saturated heterocycles. The van der Waals surface area contributed by atoms with Gasteiger partial charge in [-0.3, -0.25) is 0 Å². The number of hydrogen-bond acceptors (Lipinski definition) is 4. The van der Waals surface area contributed by atoms with Gasteiger partial charge in [0.25, 0.3) is 0 Å². The van der Waals surface area contributed by atoms with E-state index in [1.165, 1.54) is 0 Å². The second kappa shape index (κ2) is 5.75. The van der Waals surface area contributed by atoms with Gasteiger partial charge >= 0.3 is 0 Å². The van der Waals surface area contributed by atoms with E-state index in [1.807, 2.05) is 18.2 Å². The summed E-state index contributed by atoms with van der Waals surface area (Å²) in [6, 6.07) is 5.78. The number of rotatable bonds is 3. The van der Waals surface area contributed by atoms with Crippen LogP contribution in [0.3, 0.4) is 0 Å². The van der Waals surface area contributed by atoms with Crippen molar-refractivity contribution in [3.05, 3.63) is 23.8 Å². The monoisotopic (exact) mass is 280 g/mol. The molecule has 19 heavy (non-hydrogen) atoms. The summed E-state index contributed by atoms with van der Waals surface area (Å²) < 4.78 is 11.0. The lowest BCUT2D eigenvalue weighted by Crippen LogP contribution is -2.46. The van der Waals surface area contributed by atoms with Crippen LogP contribution in [0, 0.1) is 0 Å². The van der Waals surface area contributed by atoms with Gasteiger partial charge in [0.05, 0.1) is 25.0 Å². The molecule has 4 nitrogen and oxygen atoms in total. The van der Waals surface area contributed by atoms with Crippen molar-refractivity contribution in [2.24, 2.45) is 5.73 Å². The average Bonchev–Trinajstić information content (AvgIpc) is 2.36. The van der Waals surface area contributed by atoms with Crippen LogP contribution in [0.1, 0.15) is 19.4 Å². The molecule has 2 rings (SSSR count). The first-order valence-electron chi connectivity index (χ1n) is 6.39. The third-order valence-electron chi connectivity index (χ3n) is 3.23. The first kappa shape index (κ1) is 14.1. The van der Waals surface area contributed by atoms with E-state index < -0.39 is 0 Å². The molecule has 0 bridgehead atoms. The Labute approximate surface area is 119 Å². The van der Waals surface area contributed by atoms with Gasteiger partial charge in [-0.1, -0.05) is 12.2 Å². The van der Waals surface area contributed by atoms with E-state index in [2.05, 4.69) is 18.7 Å². The van der Waals surface area contributed by atoms with Gasteiger partial charge in [-0.25, -0.2) is 0 Å². The molecule has 2 unspecified atom stereocenters. The minimum atomic E-state index is 0.189. The van der Waals surface area contributed by atoms with Crippen LogP contribution in [0.15, 0.2) is 18.2 Å². The predicted molar refractivity (Wildman–Crippen MR) is 81.1 cm³/mol. The molecule has 2 atom stereocenters. The molecule has 0 saturated carbocycles. The van der Waals surface area contributed by atoms with Crippen LogP contribution in [0.2, 0.25) is 0 Å². The Morgan fingerprint density at radius 2 is 2.00 bits per heavy atom. The molecule has 1 heterocycles. The summed E-state index contributed by atoms with van der Waals surface area (Å²) in [4.78, 5) is 2.67. The summed E-state index contributed by atoms with van der Waals surface area (Å²) in [5, 5.41) is 0. The van der Waals surface area contributed by atoms with Crippen LogP contribution >= 0.6 is 12.2 Å². The topological polar surface area (TPSA) is 47.7 Å². The minimum Gasteiger partial charge on any atom is -0.497 e. The molecule has 5 heteroatoms. The zero-order valence-corrected chi connectivity index (χ0v) is 12.4. The van der Waals surface area contributed by atoms with E-state index in [0.29, 0.717) is 4.99 Å². The molecule has 1 aliphatic heterocycles. The molecule has 1 aliphatic rings. The number of hydrogen-bond donors (Lipinski definition) is 1. The summed E-state index contributed by atoms with van der Waals surface area (Å²) in [6.07, 6.45) is 0.378. The highest BCUT2D eigenvalue weighted by atomic mass is 32.1. The molecule has 104 valence electrons. The fraction of sp³-hybridized carbons (Fsp3) is 0.500. The van der Waals surface area contributed by atoms with Gasteiger partial charge in [0.1, 0.15) is 10.7 Å². The molecule has 1 aromatic carbocycles. The van der Waals surface area contributed by atoms with Gasteiger partial charge in [0.15, 0.2) is 0 Å². The standard InChI is InChI=1S/C14H20N2O2S/c1-9-7-16(8-10(2)18-9)13-6-11(17-3)4-5-12(13)14(15)19/h4-6,9-10H,7-8H2,1-3H3,(H2,15,19). The van der Waals surface area contributed by atoms with Crippen molar-refractivity contribution >= 4 is 22.9 Å². The van der Waals surface area contributed by atoms with Gasteiger partial charge in [-0.2, -0.15) is 0 Å². The molecule has 0 aromatic heterocycles. The van der Waals surface area contributed by atoms with Gasteiger partial charge in [0, 0.05) is 24.7 Å². The van der Waals surface area contributed by atoms with Crippen LogP contribution in [0.4, 0.5) is 5.69 Å². The lowest BCUT2D eigenvalue weighted by Gasteiger charge is -2.37. The summed E-state index contributed by atoms with van der Waals surface area (Å²) in [5.41, 5.74) is 7.72. The van der Waals surface area contributed by atoms with Crippen molar-refractivity contribution in [1.29, 1.82) is 0 Å². The minimum absolute atomic E-state index is 0.189. The Balaban J connectivity index is 2.38. The Hall–Kier alpha value is -1.33. The van der Waals surface area contributed by atoms with Crippen molar-refractivity contribution in [3.8, 4) is 5.75 Å². The average molecular weight is 280 g/mol. The molecule has 2 N–H and O–H groups in total. The van der Waals surface area contributed by atoms with Gasteiger partial charge in [-0.15, -0.1) is 0 Å². The fourth-order valence-electron chi connectivity index (χ4n) is 2.48. The molecular weight excluding hydrogens is 260 g/mol. The molecular formula is C14H20N2O2S. The molecule has 0 radical (unpaired) electrons. The summed E-state index contributed by atoms with van der Waals surface area (Å²) >= 11 is 5.14. The molecule has 1 fully saturated rings. The van der Waals surface area contributed by atoms with Crippen molar-refractivity contribution in [2.45, 2.75) is 26.1 Å². The number of anilines is 1. The van der Waals surface area contributed by atoms with Crippen molar-refractivity contribution < 1.29 is 9.47 Å². The summed E-state index contributed by atoms with van der Waals surface area (Å²) in [6.45, 7) is 5.80. The predicted octanol–water partition coefficient (Wildman–Crippen LogP) is 1.94. The first-order valence-corrected chi connectivity index (χ1v) is 6.80. The smallest absolute Gasteiger partial charge is 0.120 e. The SMILES string of the molecule is COc1ccc(C(N)=S)c(N2CC(C)OC(C)C2)c1. The second-order valence-electron chi connectivity index (χ2n) is 4.91. The van der Waals surface area contributed by atoms with Gasteiger partial charge in [0.2, 0.25) is 0 Å². The van der Waals surface area contributed by atoms with E-state index in [0.717, 1.165) is 30.1 Å². The maximum Gasteiger partial charge on any atom is 0.120 e. The second-order valence-corrected chi connectivity index (χ2v) is 5.35. The van der Waals surface area contributed by atoms with Crippen LogP contribution in [-0.4, -0.2) is 37.4 Å². The zero-order chi connectivity index (χ0) is 14.0. The largest absolute Gasteiger partial charge is 0.497 e. The number of ether oxygens (including phenoxy) is 2. The number of nitrogens with zero attached hydrogens (tertiary/aromatic N) is 1. The van der Waals surface area contributed by atoms with Crippen LogP contribution in [0.5, 0.6) is 5.75 Å². The van der Waals surface area contributed by atoms with E-state index in [4.69, 9.17) is 27.4 Å². The number of thiocarbonyl (C=S) groups is 1. The van der Waals surface area contributed by atoms with Crippen molar-refractivity contribution in [1.82, 2.24) is 0 Å². The zero-order valence-electron chi connectivity index (χ0n) is 11.6. The number of morpholine rings is 1. The summed E-state index contributed by atoms with van der Waals surface area (Å²) in [5.74, 6) is 0.807. The third-order valence-corrected chi connectivity index (χ3v) is 3.45. The van der Waals surface area contributed by atoms with E-state index in [1.54, 1.807) is 7.11 Å². The van der Waals surface area contributed by atoms with E-state index >= 15 is 0 Å². The fourth-order valence-corrected chi connectivity index (χ4v) is 2.66. The maximum absolute atomic E-state index is 5.81. The Morgan fingerprint density at radius 1 is 1.37 bits per heavy atom. The van der Waals surface area contributed by atoms with Gasteiger partial charge in [-0.05, 0) is 26.0 Å². The Bertz CT molecular complexity index is 469. The first-order chi connectivity index (χ1) is 9.01. The molecule has 1 aromatic rings. The molecule has 0 amide bonds. The third kappa shape index (κ3) is 3.16. The molecule has 0 aliphatic carbocycles. The van der Waals surface area contributed by atoms with Crippen LogP contribution < -0.4 is 15.4 Å². The Kier molecular flexibility index (Phi) is 4.27. The Morgan fingerprint density at radius 3 is 2.53 bits per heavy atom. The van der Waals surface area contributed by atoms with Gasteiger partial charge < -0.3 is 20.1 Å². The van der Waals surface area contributed by atoms with E-state index in [9.17, 15) is 0 Å². The number of methoxy groups -OCH3 is 1. The maximum atomic E-state index is 5.81. The number of nitrogens with two attached hydrogens (primary N) is 1. The quantitative estimate of drug-likeness (QED) is 0.858. The van der Waals surface area contributed by atoms with Crippen LogP contribution in [-0.2, 0) is 4.74 Å². The lowest BCUT2D eigenvalue weighted by atomic mass is 10.1. The highest BCUT2D eigenvalue weighted by molar-refractivity contribution is 7.80. The number of benzene rings is 1. The van der Waals surface area contributed by atoms with E-state index in [-0.39, 0.29) is 12.2 Å². The van der Waals surface area contributed by atoms with Crippen LogP contribution in [0.25, 0.3) is 0 Å².